The van der Waals surface area contributed by atoms with Gasteiger partial charge >= 0.3 is 0 Å². The van der Waals surface area contributed by atoms with Crippen LogP contribution in [0.25, 0.3) is 10.9 Å². The molecule has 9 heteroatoms. The molecule has 0 bridgehead atoms. The van der Waals surface area contributed by atoms with E-state index in [0.29, 0.717) is 29.5 Å². The van der Waals surface area contributed by atoms with Crippen LogP contribution in [0.15, 0.2) is 82.1 Å². The fraction of sp³-hybridized carbons (Fsp3) is 0.167. The van der Waals surface area contributed by atoms with Gasteiger partial charge in [-0.25, -0.2) is 0 Å². The summed E-state index contributed by atoms with van der Waals surface area (Å²) in [5, 5.41) is 22.6. The van der Waals surface area contributed by atoms with E-state index in [1.165, 1.54) is 11.9 Å². The van der Waals surface area contributed by atoms with Gasteiger partial charge in [0.15, 0.2) is 5.69 Å². The van der Waals surface area contributed by atoms with Crippen LogP contribution in [-0.2, 0) is 6.54 Å². The molecule has 0 atom stereocenters. The van der Waals surface area contributed by atoms with Gasteiger partial charge in [-0.1, -0.05) is 18.2 Å². The van der Waals surface area contributed by atoms with Crippen LogP contribution in [0.1, 0.15) is 29.8 Å². The van der Waals surface area contributed by atoms with Crippen molar-refractivity contribution in [1.29, 1.82) is 0 Å². The summed E-state index contributed by atoms with van der Waals surface area (Å²) >= 11 is 1.51. The highest BCUT2D eigenvalue weighted by Gasteiger charge is 2.14. The van der Waals surface area contributed by atoms with Gasteiger partial charge in [0.2, 0.25) is 5.88 Å². The van der Waals surface area contributed by atoms with Crippen molar-refractivity contribution < 1.29 is 9.90 Å². The molecule has 0 fully saturated rings. The predicted octanol–water partition coefficient (Wildman–Crippen LogP) is 5.62. The summed E-state index contributed by atoms with van der Waals surface area (Å²) in [4.78, 5) is 20.7. The number of hydrogen-bond donors (Lipinski definition) is 4. The first-order valence-electron chi connectivity index (χ1n) is 10.5. The Labute approximate surface area is 195 Å². The molecule has 2 aromatic carbocycles. The number of aromatic amines is 1. The van der Waals surface area contributed by atoms with Gasteiger partial charge in [-0.05, 0) is 67.8 Å². The van der Waals surface area contributed by atoms with E-state index >= 15 is 0 Å². The maximum absolute atomic E-state index is 12.8. The van der Waals surface area contributed by atoms with Crippen LogP contribution < -0.4 is 10.0 Å². The lowest BCUT2D eigenvalue weighted by Gasteiger charge is -2.07. The summed E-state index contributed by atoms with van der Waals surface area (Å²) in [6.45, 7) is 4.49. The molecule has 1 amide bonds. The van der Waals surface area contributed by atoms with Crippen LogP contribution in [-0.4, -0.2) is 27.0 Å². The van der Waals surface area contributed by atoms with Crippen molar-refractivity contribution in [2.75, 3.05) is 0 Å². The smallest absolute Gasteiger partial charge is 0.253 e. The average Bonchev–Trinajstić information content (AvgIpc) is 3.14. The number of carbonyl (C=O) groups is 1. The molecular formula is C24H24N6O2S. The zero-order valence-corrected chi connectivity index (χ0v) is 19.1. The zero-order chi connectivity index (χ0) is 23.2. The number of aromatic nitrogens is 2. The summed E-state index contributed by atoms with van der Waals surface area (Å²) < 4.78 is 3.30. The molecule has 0 aliphatic heterocycles. The van der Waals surface area contributed by atoms with Crippen LogP contribution in [0.4, 0.5) is 11.4 Å². The highest BCUT2D eigenvalue weighted by atomic mass is 32.2. The van der Waals surface area contributed by atoms with E-state index in [1.807, 2.05) is 30.3 Å². The van der Waals surface area contributed by atoms with Crippen molar-refractivity contribution in [2.45, 2.75) is 31.3 Å². The lowest BCUT2D eigenvalue weighted by Crippen LogP contribution is -2.22. The quantitative estimate of drug-likeness (QED) is 0.201. The standard InChI is InChI=1S/C24H24N6O2S/c1-15(2)30-33-17-9-10-20-19(12-17)22(24(32)27-20)29-28-21-8-4-3-7-18(21)23(31)26-14-16-6-5-11-25-13-16/h3-13,15,27,30,32H,14H2,1-2H3,(H,26,31). The number of nitrogens with zero attached hydrogens (tertiary/aromatic N) is 3. The van der Waals surface area contributed by atoms with Crippen LogP contribution in [0.5, 0.6) is 5.88 Å². The second-order valence-electron chi connectivity index (χ2n) is 7.67. The highest BCUT2D eigenvalue weighted by Crippen LogP contribution is 2.38. The van der Waals surface area contributed by atoms with E-state index in [-0.39, 0.29) is 11.8 Å². The Balaban J connectivity index is 1.57. The molecular weight excluding hydrogens is 436 g/mol. The number of pyridine rings is 1. The topological polar surface area (TPSA) is 115 Å². The van der Waals surface area contributed by atoms with E-state index in [4.69, 9.17) is 0 Å². The number of H-pyrrole nitrogens is 1. The van der Waals surface area contributed by atoms with Gasteiger partial charge in [-0.15, -0.1) is 10.2 Å². The summed E-state index contributed by atoms with van der Waals surface area (Å²) in [5.74, 6) is -0.346. The average molecular weight is 461 g/mol. The molecule has 0 aliphatic rings. The van der Waals surface area contributed by atoms with Crippen molar-refractivity contribution in [1.82, 2.24) is 20.0 Å². The van der Waals surface area contributed by atoms with E-state index in [9.17, 15) is 9.90 Å². The molecule has 0 unspecified atom stereocenters. The summed E-state index contributed by atoms with van der Waals surface area (Å²) in [6.07, 6.45) is 3.39. The number of amides is 1. The molecule has 168 valence electrons. The van der Waals surface area contributed by atoms with Crippen LogP contribution in [0, 0.1) is 0 Å². The molecule has 0 saturated heterocycles. The number of benzene rings is 2. The first kappa shape index (κ1) is 22.5. The van der Waals surface area contributed by atoms with Crippen molar-refractivity contribution in [3.05, 3.63) is 78.1 Å². The first-order valence-corrected chi connectivity index (χ1v) is 11.3. The first-order chi connectivity index (χ1) is 16.0. The zero-order valence-electron chi connectivity index (χ0n) is 18.2. The van der Waals surface area contributed by atoms with Gasteiger partial charge in [0.25, 0.3) is 5.91 Å². The van der Waals surface area contributed by atoms with Gasteiger partial charge in [0.05, 0.1) is 16.8 Å². The number of nitrogens with one attached hydrogen (secondary N) is 3. The largest absolute Gasteiger partial charge is 0.493 e. The third kappa shape index (κ3) is 5.57. The fourth-order valence-electron chi connectivity index (χ4n) is 3.13. The van der Waals surface area contributed by atoms with Crippen LogP contribution in [0.2, 0.25) is 0 Å². The SMILES string of the molecule is CC(C)NSc1ccc2[nH]c(O)c(N=Nc3ccccc3C(=O)NCc3cccnc3)c2c1. The molecule has 33 heavy (non-hydrogen) atoms. The van der Waals surface area contributed by atoms with E-state index < -0.39 is 0 Å². The minimum absolute atomic E-state index is 0.0776. The predicted molar refractivity (Wildman–Crippen MR) is 130 cm³/mol. The Morgan fingerprint density at radius 1 is 1.15 bits per heavy atom. The van der Waals surface area contributed by atoms with Crippen molar-refractivity contribution >= 4 is 40.1 Å². The Morgan fingerprint density at radius 3 is 2.79 bits per heavy atom. The van der Waals surface area contributed by atoms with E-state index in [2.05, 4.69) is 44.1 Å². The lowest BCUT2D eigenvalue weighted by molar-refractivity contribution is 0.0951. The maximum atomic E-state index is 12.8. The van der Waals surface area contributed by atoms with Crippen molar-refractivity contribution in [3.8, 4) is 5.88 Å². The molecule has 0 radical (unpaired) electrons. The number of fused-ring (bicyclic) bond motifs is 1. The Kier molecular flexibility index (Phi) is 7.01. The molecule has 2 heterocycles. The van der Waals surface area contributed by atoms with Gasteiger partial charge < -0.3 is 15.4 Å². The number of azo groups is 1. The Morgan fingerprint density at radius 2 is 2.00 bits per heavy atom. The molecule has 4 N–H and O–H groups in total. The van der Waals surface area contributed by atoms with Crippen molar-refractivity contribution in [3.63, 3.8) is 0 Å². The Bertz CT molecular complexity index is 1290. The number of carbonyl (C=O) groups excluding carboxylic acids is 1. The molecule has 4 aromatic rings. The van der Waals surface area contributed by atoms with Gasteiger partial charge in [-0.2, -0.15) is 0 Å². The third-order valence-corrected chi connectivity index (χ3v) is 5.80. The molecule has 4 rings (SSSR count). The van der Waals surface area contributed by atoms with Crippen LogP contribution >= 0.6 is 11.9 Å². The number of rotatable bonds is 8. The minimum Gasteiger partial charge on any atom is -0.493 e. The van der Waals surface area contributed by atoms with E-state index in [0.717, 1.165) is 21.4 Å². The third-order valence-electron chi connectivity index (χ3n) is 4.72. The van der Waals surface area contributed by atoms with Crippen LogP contribution in [0.3, 0.4) is 0 Å². The summed E-state index contributed by atoms with van der Waals surface area (Å²) in [7, 11) is 0. The number of hydrogen-bond acceptors (Lipinski definition) is 7. The molecule has 8 nitrogen and oxygen atoms in total. The molecule has 0 saturated carbocycles. The Hall–Kier alpha value is -3.69. The second kappa shape index (κ2) is 10.3. The van der Waals surface area contributed by atoms with Crippen molar-refractivity contribution in [2.24, 2.45) is 10.2 Å². The van der Waals surface area contributed by atoms with Gasteiger partial charge in [-0.3, -0.25) is 14.5 Å². The van der Waals surface area contributed by atoms with Gasteiger partial charge in [0, 0.05) is 35.3 Å². The monoisotopic (exact) mass is 460 g/mol. The maximum Gasteiger partial charge on any atom is 0.253 e. The molecule has 0 spiro atoms. The molecule has 2 aromatic heterocycles. The lowest BCUT2D eigenvalue weighted by atomic mass is 10.1. The summed E-state index contributed by atoms with van der Waals surface area (Å²) in [5.41, 5.74) is 2.76. The fourth-order valence-corrected chi connectivity index (χ4v) is 3.81. The highest BCUT2D eigenvalue weighted by molar-refractivity contribution is 7.97. The summed E-state index contributed by atoms with van der Waals surface area (Å²) in [6, 6.07) is 16.8. The number of aromatic hydroxyl groups is 1. The molecule has 0 aliphatic carbocycles. The minimum atomic E-state index is -0.269. The van der Waals surface area contributed by atoms with E-state index in [1.54, 1.807) is 36.7 Å². The second-order valence-corrected chi connectivity index (χ2v) is 8.58. The normalized spacial score (nSPS) is 11.5. The van der Waals surface area contributed by atoms with Gasteiger partial charge in [0.1, 0.15) is 0 Å².